The number of hydrogen-bond acceptors (Lipinski definition) is 2. The fourth-order valence-corrected chi connectivity index (χ4v) is 3.77. The summed E-state index contributed by atoms with van der Waals surface area (Å²) in [5.74, 6) is 2.83. The lowest BCUT2D eigenvalue weighted by molar-refractivity contribution is 0.222. The summed E-state index contributed by atoms with van der Waals surface area (Å²) >= 11 is 3.52. The highest BCUT2D eigenvalue weighted by Gasteiger charge is 2.25. The van der Waals surface area contributed by atoms with Crippen molar-refractivity contribution in [2.75, 3.05) is 13.1 Å². The van der Waals surface area contributed by atoms with Gasteiger partial charge in [0.2, 0.25) is 0 Å². The number of nitrogens with one attached hydrogen (secondary N) is 1. The zero-order valence-electron chi connectivity index (χ0n) is 11.5. The van der Waals surface area contributed by atoms with Crippen molar-refractivity contribution in [1.29, 1.82) is 0 Å². The van der Waals surface area contributed by atoms with E-state index in [1.807, 2.05) is 0 Å². The quantitative estimate of drug-likeness (QED) is 0.910. The van der Waals surface area contributed by atoms with Gasteiger partial charge in [-0.25, -0.2) is 0 Å². The minimum absolute atomic E-state index is 0.306. The highest BCUT2D eigenvalue weighted by atomic mass is 79.9. The second-order valence-electron chi connectivity index (χ2n) is 6.02. The number of hydrogen-bond donors (Lipinski definition) is 1. The lowest BCUT2D eigenvalue weighted by Gasteiger charge is -2.18. The van der Waals surface area contributed by atoms with Crippen LogP contribution in [0.3, 0.4) is 0 Å². The summed E-state index contributed by atoms with van der Waals surface area (Å²) in [6.45, 7) is 4.51. The minimum Gasteiger partial charge on any atom is -0.488 e. The van der Waals surface area contributed by atoms with Gasteiger partial charge >= 0.3 is 0 Å². The van der Waals surface area contributed by atoms with Crippen molar-refractivity contribution < 1.29 is 4.74 Å². The van der Waals surface area contributed by atoms with Crippen LogP contribution in [-0.4, -0.2) is 19.2 Å². The van der Waals surface area contributed by atoms with Crippen LogP contribution in [0.2, 0.25) is 0 Å². The number of ether oxygens (including phenoxy) is 1. The van der Waals surface area contributed by atoms with Crippen molar-refractivity contribution in [3.8, 4) is 5.75 Å². The first-order valence-corrected chi connectivity index (χ1v) is 8.17. The van der Waals surface area contributed by atoms with Gasteiger partial charge in [0.25, 0.3) is 0 Å². The fraction of sp³-hybridized carbons (Fsp3) is 0.625. The Morgan fingerprint density at radius 2 is 2.21 bits per heavy atom. The highest BCUT2D eigenvalue weighted by Crippen LogP contribution is 2.32. The summed E-state index contributed by atoms with van der Waals surface area (Å²) in [6.07, 6.45) is 5.55. The first kappa shape index (κ1) is 13.4. The van der Waals surface area contributed by atoms with Crippen molar-refractivity contribution in [1.82, 2.24) is 5.32 Å². The molecule has 1 heterocycles. The molecule has 1 aliphatic heterocycles. The maximum Gasteiger partial charge on any atom is 0.123 e. The van der Waals surface area contributed by atoms with E-state index in [0.29, 0.717) is 6.10 Å². The third kappa shape index (κ3) is 3.14. The third-order valence-electron chi connectivity index (χ3n) is 4.58. The van der Waals surface area contributed by atoms with Gasteiger partial charge in [-0.1, -0.05) is 35.7 Å². The van der Waals surface area contributed by atoms with Crippen LogP contribution in [0.1, 0.15) is 31.7 Å². The van der Waals surface area contributed by atoms with E-state index in [9.17, 15) is 0 Å². The molecule has 1 N–H and O–H groups in total. The van der Waals surface area contributed by atoms with Crippen LogP contribution in [-0.2, 0) is 6.42 Å². The Labute approximate surface area is 124 Å². The predicted octanol–water partition coefficient (Wildman–Crippen LogP) is 3.78. The van der Waals surface area contributed by atoms with Gasteiger partial charge in [-0.05, 0) is 48.6 Å². The van der Waals surface area contributed by atoms with E-state index in [0.717, 1.165) is 41.6 Å². The molecule has 0 aromatic heterocycles. The van der Waals surface area contributed by atoms with Gasteiger partial charge in [0.1, 0.15) is 11.9 Å². The molecule has 0 saturated heterocycles. The van der Waals surface area contributed by atoms with Crippen molar-refractivity contribution in [2.45, 2.75) is 38.7 Å². The van der Waals surface area contributed by atoms with E-state index in [-0.39, 0.29) is 0 Å². The molecule has 0 spiro atoms. The molecule has 2 aliphatic rings. The molecule has 3 unspecified atom stereocenters. The zero-order chi connectivity index (χ0) is 13.2. The van der Waals surface area contributed by atoms with Crippen LogP contribution >= 0.6 is 15.9 Å². The van der Waals surface area contributed by atoms with Crippen LogP contribution in [0.4, 0.5) is 0 Å². The fourth-order valence-electron chi connectivity index (χ4n) is 3.36. The second kappa shape index (κ2) is 5.84. The molecule has 0 bridgehead atoms. The van der Waals surface area contributed by atoms with Crippen LogP contribution in [0, 0.1) is 11.8 Å². The Bertz CT molecular complexity index is 448. The van der Waals surface area contributed by atoms with Crippen LogP contribution in [0.15, 0.2) is 22.7 Å². The highest BCUT2D eigenvalue weighted by molar-refractivity contribution is 9.10. The van der Waals surface area contributed by atoms with Gasteiger partial charge in [0, 0.05) is 17.4 Å². The zero-order valence-corrected chi connectivity index (χ0v) is 13.1. The van der Waals surface area contributed by atoms with Gasteiger partial charge < -0.3 is 10.1 Å². The Hall–Kier alpha value is -0.540. The number of halogens is 1. The molecule has 1 aromatic rings. The van der Waals surface area contributed by atoms with E-state index >= 15 is 0 Å². The van der Waals surface area contributed by atoms with Gasteiger partial charge in [-0.15, -0.1) is 0 Å². The lowest BCUT2D eigenvalue weighted by atomic mass is 9.98. The van der Waals surface area contributed by atoms with Crippen molar-refractivity contribution in [3.63, 3.8) is 0 Å². The normalized spacial score (nSPS) is 29.3. The van der Waals surface area contributed by atoms with Gasteiger partial charge in [0.05, 0.1) is 0 Å². The standard InChI is InChI=1S/C16H22BrNO/c1-11-3-2-4-12(11)9-18-10-15-8-13-7-14(17)5-6-16(13)19-15/h5-7,11-12,15,18H,2-4,8-10H2,1H3. The summed E-state index contributed by atoms with van der Waals surface area (Å²) in [7, 11) is 0. The monoisotopic (exact) mass is 323 g/mol. The van der Waals surface area contributed by atoms with E-state index in [2.05, 4.69) is 46.4 Å². The average Bonchev–Trinajstić information content (AvgIpc) is 2.95. The molecule has 19 heavy (non-hydrogen) atoms. The summed E-state index contributed by atoms with van der Waals surface area (Å²) in [4.78, 5) is 0. The molecule has 3 atom stereocenters. The molecule has 1 saturated carbocycles. The Kier molecular flexibility index (Phi) is 4.13. The number of fused-ring (bicyclic) bond motifs is 1. The largest absolute Gasteiger partial charge is 0.488 e. The van der Waals surface area contributed by atoms with E-state index in [1.54, 1.807) is 0 Å². The second-order valence-corrected chi connectivity index (χ2v) is 6.94. The predicted molar refractivity (Wildman–Crippen MR) is 81.6 cm³/mol. The van der Waals surface area contributed by atoms with Crippen LogP contribution in [0.5, 0.6) is 5.75 Å². The molecule has 0 radical (unpaired) electrons. The summed E-state index contributed by atoms with van der Waals surface area (Å²) in [6, 6.07) is 6.29. The van der Waals surface area contributed by atoms with Gasteiger partial charge in [-0.3, -0.25) is 0 Å². The molecule has 3 heteroatoms. The molecule has 1 aromatic carbocycles. The van der Waals surface area contributed by atoms with Gasteiger partial charge in [-0.2, -0.15) is 0 Å². The maximum absolute atomic E-state index is 5.97. The molecule has 0 amide bonds. The summed E-state index contributed by atoms with van der Waals surface area (Å²) < 4.78 is 7.11. The van der Waals surface area contributed by atoms with E-state index in [1.165, 1.54) is 24.8 Å². The topological polar surface area (TPSA) is 21.3 Å². The Morgan fingerprint density at radius 3 is 3.00 bits per heavy atom. The van der Waals surface area contributed by atoms with Crippen molar-refractivity contribution >= 4 is 15.9 Å². The summed E-state index contributed by atoms with van der Waals surface area (Å²) in [5.41, 5.74) is 1.33. The number of benzene rings is 1. The molecule has 1 fully saturated rings. The van der Waals surface area contributed by atoms with Crippen molar-refractivity contribution in [3.05, 3.63) is 28.2 Å². The van der Waals surface area contributed by atoms with E-state index in [4.69, 9.17) is 4.74 Å². The van der Waals surface area contributed by atoms with Gasteiger partial charge in [0.15, 0.2) is 0 Å². The number of rotatable bonds is 4. The third-order valence-corrected chi connectivity index (χ3v) is 5.07. The molecule has 1 aliphatic carbocycles. The molecule has 104 valence electrons. The first-order chi connectivity index (χ1) is 9.22. The van der Waals surface area contributed by atoms with Crippen LogP contribution in [0.25, 0.3) is 0 Å². The molecule has 2 nitrogen and oxygen atoms in total. The Morgan fingerprint density at radius 1 is 1.32 bits per heavy atom. The smallest absolute Gasteiger partial charge is 0.123 e. The minimum atomic E-state index is 0.306. The molecule has 3 rings (SSSR count). The molecular formula is C16H22BrNO. The summed E-state index contributed by atoms with van der Waals surface area (Å²) in [5, 5.41) is 3.61. The SMILES string of the molecule is CC1CCCC1CNCC1Cc2cc(Br)ccc2O1. The first-order valence-electron chi connectivity index (χ1n) is 7.38. The molecular weight excluding hydrogens is 302 g/mol. The Balaban J connectivity index is 1.46. The van der Waals surface area contributed by atoms with Crippen molar-refractivity contribution in [2.24, 2.45) is 11.8 Å². The average molecular weight is 324 g/mol. The van der Waals surface area contributed by atoms with E-state index < -0.39 is 0 Å². The lowest BCUT2D eigenvalue weighted by Crippen LogP contribution is -2.33. The van der Waals surface area contributed by atoms with Crippen LogP contribution < -0.4 is 10.1 Å². The maximum atomic E-state index is 5.97.